The van der Waals surface area contributed by atoms with Gasteiger partial charge in [0.05, 0.1) is 17.0 Å². The van der Waals surface area contributed by atoms with Gasteiger partial charge in [-0.15, -0.1) is 0 Å². The largest absolute Gasteiger partial charge is 0.328 e. The molecule has 2 unspecified atom stereocenters. The molecule has 0 radical (unpaired) electrons. The van der Waals surface area contributed by atoms with Crippen LogP contribution in [0.4, 0.5) is 4.79 Å². The second-order valence-electron chi connectivity index (χ2n) is 7.39. The molecule has 0 aliphatic heterocycles. The first-order valence-corrected chi connectivity index (χ1v) is 11.6. The molecule has 0 aliphatic rings. The standard InChI is InChI=1S/C21H31N3O6S/c1-15(25)12-13-20(17(3)27)24-21(28)23-19(16(2)26)11-7-8-14-22-31(29,30)18-9-5-4-6-10-18/h4-6,9-10,19-20,22H,7-8,11-14H2,1-3H3,(H2,23,24,28). The van der Waals surface area contributed by atoms with Gasteiger partial charge in [-0.1, -0.05) is 18.2 Å². The summed E-state index contributed by atoms with van der Waals surface area (Å²) >= 11 is 0. The maximum Gasteiger partial charge on any atom is 0.315 e. The molecule has 31 heavy (non-hydrogen) atoms. The molecule has 1 rings (SSSR count). The second kappa shape index (κ2) is 13.0. The van der Waals surface area contributed by atoms with Crippen molar-refractivity contribution in [1.82, 2.24) is 15.4 Å². The Labute approximate surface area is 183 Å². The van der Waals surface area contributed by atoms with E-state index in [1.54, 1.807) is 18.2 Å². The number of nitrogens with one attached hydrogen (secondary N) is 3. The zero-order valence-corrected chi connectivity index (χ0v) is 19.0. The molecule has 0 spiro atoms. The van der Waals surface area contributed by atoms with Crippen LogP contribution in [0.1, 0.15) is 52.9 Å². The number of amides is 2. The first-order chi connectivity index (χ1) is 14.5. The molecule has 0 fully saturated rings. The van der Waals surface area contributed by atoms with Gasteiger partial charge in [0.2, 0.25) is 10.0 Å². The van der Waals surface area contributed by atoms with E-state index in [1.807, 2.05) is 0 Å². The molecule has 0 aliphatic carbocycles. The van der Waals surface area contributed by atoms with E-state index in [1.165, 1.54) is 32.9 Å². The Morgan fingerprint density at radius 2 is 1.39 bits per heavy atom. The summed E-state index contributed by atoms with van der Waals surface area (Å²) in [6.07, 6.45) is 1.67. The molecule has 0 saturated heterocycles. The Kier molecular flexibility index (Phi) is 11.1. The highest BCUT2D eigenvalue weighted by Crippen LogP contribution is 2.08. The molecule has 2 atom stereocenters. The lowest BCUT2D eigenvalue weighted by Gasteiger charge is -2.20. The van der Waals surface area contributed by atoms with Crippen LogP contribution in [-0.4, -0.2) is 50.4 Å². The van der Waals surface area contributed by atoms with Crippen molar-refractivity contribution in [3.8, 4) is 0 Å². The molecular weight excluding hydrogens is 422 g/mol. The first kappa shape index (κ1) is 26.4. The fourth-order valence-electron chi connectivity index (χ4n) is 2.82. The summed E-state index contributed by atoms with van der Waals surface area (Å²) in [6.45, 7) is 4.28. The van der Waals surface area contributed by atoms with E-state index in [-0.39, 0.29) is 41.6 Å². The SMILES string of the molecule is CC(=O)CCC(NC(=O)NC(CCCCNS(=O)(=O)c1ccccc1)C(C)=O)C(C)=O. The molecule has 9 nitrogen and oxygen atoms in total. The van der Waals surface area contributed by atoms with Gasteiger partial charge in [0.15, 0.2) is 11.6 Å². The Balaban J connectivity index is 2.46. The lowest BCUT2D eigenvalue weighted by molar-refractivity contribution is -0.120. The van der Waals surface area contributed by atoms with Gasteiger partial charge < -0.3 is 15.4 Å². The fourth-order valence-corrected chi connectivity index (χ4v) is 3.92. The Bertz CT molecular complexity index is 870. The molecule has 0 bridgehead atoms. The maximum atomic E-state index is 12.2. The van der Waals surface area contributed by atoms with E-state index < -0.39 is 28.1 Å². The molecule has 2 amide bonds. The lowest BCUT2D eigenvalue weighted by atomic mass is 10.1. The van der Waals surface area contributed by atoms with E-state index in [0.29, 0.717) is 19.3 Å². The van der Waals surface area contributed by atoms with Gasteiger partial charge in [0, 0.05) is 13.0 Å². The van der Waals surface area contributed by atoms with E-state index in [4.69, 9.17) is 0 Å². The fraction of sp³-hybridized carbons (Fsp3) is 0.524. The monoisotopic (exact) mass is 453 g/mol. The number of unbranched alkanes of at least 4 members (excludes halogenated alkanes) is 1. The highest BCUT2D eigenvalue weighted by Gasteiger charge is 2.21. The van der Waals surface area contributed by atoms with Crippen molar-refractivity contribution in [2.45, 2.75) is 69.9 Å². The molecule has 1 aromatic carbocycles. The molecule has 10 heteroatoms. The maximum absolute atomic E-state index is 12.2. The quantitative estimate of drug-likeness (QED) is 0.367. The molecule has 0 aromatic heterocycles. The van der Waals surface area contributed by atoms with Crippen LogP contribution in [0.2, 0.25) is 0 Å². The zero-order chi connectivity index (χ0) is 23.4. The van der Waals surface area contributed by atoms with Crippen LogP contribution in [0.15, 0.2) is 35.2 Å². The minimum Gasteiger partial charge on any atom is -0.328 e. The minimum atomic E-state index is -3.58. The Morgan fingerprint density at radius 3 is 1.90 bits per heavy atom. The van der Waals surface area contributed by atoms with Gasteiger partial charge >= 0.3 is 6.03 Å². The van der Waals surface area contributed by atoms with Gasteiger partial charge in [-0.25, -0.2) is 17.9 Å². The molecular formula is C21H31N3O6S. The highest BCUT2D eigenvalue weighted by atomic mass is 32.2. The van der Waals surface area contributed by atoms with Crippen molar-refractivity contribution in [1.29, 1.82) is 0 Å². The van der Waals surface area contributed by atoms with Crippen LogP contribution < -0.4 is 15.4 Å². The van der Waals surface area contributed by atoms with Crippen molar-refractivity contribution in [2.24, 2.45) is 0 Å². The van der Waals surface area contributed by atoms with Gasteiger partial charge in [-0.05, 0) is 58.6 Å². The number of benzene rings is 1. The third kappa shape index (κ3) is 10.3. The second-order valence-corrected chi connectivity index (χ2v) is 9.16. The molecule has 3 N–H and O–H groups in total. The van der Waals surface area contributed by atoms with Gasteiger partial charge in [-0.3, -0.25) is 9.59 Å². The van der Waals surface area contributed by atoms with Crippen LogP contribution in [0.25, 0.3) is 0 Å². The van der Waals surface area contributed by atoms with Crippen molar-refractivity contribution >= 4 is 33.4 Å². The Hall–Kier alpha value is -2.59. The van der Waals surface area contributed by atoms with Gasteiger partial charge in [0.25, 0.3) is 0 Å². The Morgan fingerprint density at radius 1 is 0.839 bits per heavy atom. The van der Waals surface area contributed by atoms with Crippen LogP contribution >= 0.6 is 0 Å². The number of carbonyl (C=O) groups excluding carboxylic acids is 4. The molecule has 1 aromatic rings. The smallest absolute Gasteiger partial charge is 0.315 e. The first-order valence-electron chi connectivity index (χ1n) is 10.1. The minimum absolute atomic E-state index is 0.0852. The summed E-state index contributed by atoms with van der Waals surface area (Å²) in [6, 6.07) is 5.79. The van der Waals surface area contributed by atoms with Crippen molar-refractivity contribution in [3.05, 3.63) is 30.3 Å². The third-order valence-corrected chi connectivity index (χ3v) is 6.12. The summed E-state index contributed by atoms with van der Waals surface area (Å²) in [4.78, 5) is 47.0. The summed E-state index contributed by atoms with van der Waals surface area (Å²) in [5.74, 6) is -0.609. The van der Waals surface area contributed by atoms with Crippen molar-refractivity contribution in [2.75, 3.05) is 6.54 Å². The average molecular weight is 454 g/mol. The normalized spacial score (nSPS) is 13.1. The van der Waals surface area contributed by atoms with Crippen molar-refractivity contribution < 1.29 is 27.6 Å². The summed E-state index contributed by atoms with van der Waals surface area (Å²) in [5, 5.41) is 5.05. The molecule has 172 valence electrons. The average Bonchev–Trinajstić information content (AvgIpc) is 2.70. The highest BCUT2D eigenvalue weighted by molar-refractivity contribution is 7.89. The number of Topliss-reactive ketones (excluding diaryl/α,β-unsaturated/α-hetero) is 3. The van der Waals surface area contributed by atoms with Crippen LogP contribution in [0.5, 0.6) is 0 Å². The number of sulfonamides is 1. The third-order valence-electron chi connectivity index (χ3n) is 4.64. The van der Waals surface area contributed by atoms with E-state index in [9.17, 15) is 27.6 Å². The number of carbonyl (C=O) groups is 4. The van der Waals surface area contributed by atoms with Gasteiger partial charge in [0.1, 0.15) is 5.78 Å². The predicted molar refractivity (Wildman–Crippen MR) is 116 cm³/mol. The number of urea groups is 1. The number of rotatable bonds is 14. The summed E-state index contributed by atoms with van der Waals surface area (Å²) < 4.78 is 26.8. The van der Waals surface area contributed by atoms with Gasteiger partial charge in [-0.2, -0.15) is 0 Å². The van der Waals surface area contributed by atoms with E-state index in [0.717, 1.165) is 0 Å². The van der Waals surface area contributed by atoms with E-state index in [2.05, 4.69) is 15.4 Å². The van der Waals surface area contributed by atoms with Crippen LogP contribution in [0, 0.1) is 0 Å². The number of hydrogen-bond acceptors (Lipinski definition) is 6. The number of hydrogen-bond donors (Lipinski definition) is 3. The predicted octanol–water partition coefficient (Wildman–Crippen LogP) is 1.72. The van der Waals surface area contributed by atoms with Crippen LogP contribution in [-0.2, 0) is 24.4 Å². The molecule has 0 saturated carbocycles. The van der Waals surface area contributed by atoms with Crippen LogP contribution in [0.3, 0.4) is 0 Å². The zero-order valence-electron chi connectivity index (χ0n) is 18.1. The lowest BCUT2D eigenvalue weighted by Crippen LogP contribution is -2.50. The number of ketones is 3. The van der Waals surface area contributed by atoms with E-state index >= 15 is 0 Å². The summed E-state index contributed by atoms with van der Waals surface area (Å²) in [5.41, 5.74) is 0. The summed E-state index contributed by atoms with van der Waals surface area (Å²) in [7, 11) is -3.58. The molecule has 0 heterocycles. The topological polar surface area (TPSA) is 139 Å². The van der Waals surface area contributed by atoms with Crippen molar-refractivity contribution in [3.63, 3.8) is 0 Å².